The molecule has 2 aromatic heterocycles. The molecule has 0 atom stereocenters. The van der Waals surface area contributed by atoms with Crippen molar-refractivity contribution < 1.29 is 0 Å². The van der Waals surface area contributed by atoms with Crippen LogP contribution in [0.2, 0.25) is 0 Å². The molecule has 0 amide bonds. The van der Waals surface area contributed by atoms with Crippen molar-refractivity contribution in [3.05, 3.63) is 158 Å². The van der Waals surface area contributed by atoms with Crippen LogP contribution in [0.5, 0.6) is 0 Å². The molecular weight excluding hydrogens is 532 g/mol. The van der Waals surface area contributed by atoms with Crippen molar-refractivity contribution in [2.24, 2.45) is 0 Å². The summed E-state index contributed by atoms with van der Waals surface area (Å²) in [5.41, 5.74) is 9.00. The van der Waals surface area contributed by atoms with Crippen molar-refractivity contribution in [2.45, 2.75) is 0 Å². The Morgan fingerprint density at radius 2 is 0.705 bits per heavy atom. The highest BCUT2D eigenvalue weighted by atomic mass is 14.7. The summed E-state index contributed by atoms with van der Waals surface area (Å²) in [6.45, 7) is 0. The topological polar surface area (TPSA) is 25.8 Å². The van der Waals surface area contributed by atoms with E-state index >= 15 is 0 Å². The van der Waals surface area contributed by atoms with Crippen LogP contribution in [-0.4, -0.2) is 9.97 Å². The summed E-state index contributed by atoms with van der Waals surface area (Å²) in [6.07, 6.45) is 3.84. The van der Waals surface area contributed by atoms with Gasteiger partial charge in [0, 0.05) is 23.5 Å². The summed E-state index contributed by atoms with van der Waals surface area (Å²) in [6, 6.07) is 52.1. The lowest BCUT2D eigenvalue weighted by atomic mass is 9.86. The minimum absolute atomic E-state index is 0.985. The molecule has 0 spiro atoms. The summed E-state index contributed by atoms with van der Waals surface area (Å²) in [7, 11) is 0. The standard InChI is InChI=1S/C42H26N2/c1-3-9-27(10-4-1)29-21-23-43-39(25-29)31-17-19-37-36-16-8-14-34-32(40-26-30(22-24-44-40)28-11-5-2-6-12-28)18-20-38(42(34)36)35-15-7-13-33(31)41(35)37/h1-26H. The van der Waals surface area contributed by atoms with Gasteiger partial charge in [0.1, 0.15) is 0 Å². The number of hydrogen-bond acceptors (Lipinski definition) is 2. The highest BCUT2D eigenvalue weighted by Crippen LogP contribution is 2.45. The molecule has 0 radical (unpaired) electrons. The van der Waals surface area contributed by atoms with Crippen molar-refractivity contribution in [1.82, 2.24) is 9.97 Å². The fourth-order valence-corrected chi connectivity index (χ4v) is 6.93. The number of pyridine rings is 2. The molecule has 2 heterocycles. The third-order valence-corrected chi connectivity index (χ3v) is 8.95. The minimum Gasteiger partial charge on any atom is -0.256 e. The van der Waals surface area contributed by atoms with Gasteiger partial charge in [-0.15, -0.1) is 0 Å². The number of fused-ring (bicyclic) bond motifs is 2. The second kappa shape index (κ2) is 9.86. The zero-order valence-electron chi connectivity index (χ0n) is 23.9. The van der Waals surface area contributed by atoms with E-state index in [0.29, 0.717) is 0 Å². The molecule has 2 nitrogen and oxygen atoms in total. The number of aromatic nitrogens is 2. The zero-order valence-corrected chi connectivity index (χ0v) is 23.9. The number of rotatable bonds is 4. The van der Waals surface area contributed by atoms with Crippen LogP contribution in [0.15, 0.2) is 158 Å². The molecular formula is C42H26N2. The van der Waals surface area contributed by atoms with Gasteiger partial charge in [-0.05, 0) is 89.6 Å². The Morgan fingerprint density at radius 1 is 0.295 bits per heavy atom. The Hall–Kier alpha value is -5.86. The molecule has 0 saturated heterocycles. The Kier molecular flexibility index (Phi) is 5.54. The quantitative estimate of drug-likeness (QED) is 0.159. The van der Waals surface area contributed by atoms with Crippen molar-refractivity contribution in [2.75, 3.05) is 0 Å². The second-order valence-corrected chi connectivity index (χ2v) is 11.4. The predicted molar refractivity (Wildman–Crippen MR) is 185 cm³/mol. The molecule has 7 aromatic carbocycles. The summed E-state index contributed by atoms with van der Waals surface area (Å²) in [5.74, 6) is 0. The summed E-state index contributed by atoms with van der Waals surface area (Å²) in [4.78, 5) is 9.68. The van der Waals surface area contributed by atoms with Gasteiger partial charge in [0.05, 0.1) is 11.4 Å². The Morgan fingerprint density at radius 3 is 1.16 bits per heavy atom. The molecule has 44 heavy (non-hydrogen) atoms. The van der Waals surface area contributed by atoms with Gasteiger partial charge in [0.2, 0.25) is 0 Å². The van der Waals surface area contributed by atoms with Crippen LogP contribution in [0, 0.1) is 0 Å². The molecule has 0 unspecified atom stereocenters. The number of benzene rings is 7. The molecule has 9 rings (SSSR count). The van der Waals surface area contributed by atoms with E-state index in [1.807, 2.05) is 12.4 Å². The van der Waals surface area contributed by atoms with Crippen LogP contribution < -0.4 is 0 Å². The Labute approximate surface area is 255 Å². The van der Waals surface area contributed by atoms with E-state index in [1.54, 1.807) is 0 Å². The zero-order chi connectivity index (χ0) is 29.0. The maximum absolute atomic E-state index is 4.84. The minimum atomic E-state index is 0.985. The van der Waals surface area contributed by atoms with Crippen molar-refractivity contribution >= 4 is 43.1 Å². The first-order valence-corrected chi connectivity index (χ1v) is 15.0. The monoisotopic (exact) mass is 558 g/mol. The first-order valence-electron chi connectivity index (χ1n) is 15.0. The molecule has 2 heteroatoms. The van der Waals surface area contributed by atoms with Crippen molar-refractivity contribution in [3.8, 4) is 44.8 Å². The summed E-state index contributed by atoms with van der Waals surface area (Å²) < 4.78 is 0. The van der Waals surface area contributed by atoms with Crippen LogP contribution in [0.1, 0.15) is 0 Å². The Bertz CT molecular complexity index is 2280. The van der Waals surface area contributed by atoms with E-state index in [-0.39, 0.29) is 0 Å². The molecule has 0 bridgehead atoms. The van der Waals surface area contributed by atoms with E-state index in [0.717, 1.165) is 22.5 Å². The van der Waals surface area contributed by atoms with E-state index in [2.05, 4.69) is 146 Å². The van der Waals surface area contributed by atoms with Gasteiger partial charge in [-0.1, -0.05) is 121 Å². The SMILES string of the molecule is c1ccc(-c2ccnc(-c3ccc4c5cccc6c(-c7cc(-c8ccccc8)ccn7)ccc(c7cccc3c74)c65)c2)cc1. The van der Waals surface area contributed by atoms with Gasteiger partial charge in [0.15, 0.2) is 0 Å². The van der Waals surface area contributed by atoms with E-state index < -0.39 is 0 Å². The number of nitrogens with zero attached hydrogens (tertiary/aromatic N) is 2. The highest BCUT2D eigenvalue weighted by Gasteiger charge is 2.18. The largest absolute Gasteiger partial charge is 0.256 e. The third-order valence-electron chi connectivity index (χ3n) is 8.95. The molecule has 9 aromatic rings. The average molecular weight is 559 g/mol. The molecule has 0 aliphatic carbocycles. The van der Waals surface area contributed by atoms with Gasteiger partial charge in [0.25, 0.3) is 0 Å². The van der Waals surface area contributed by atoms with Gasteiger partial charge in [-0.25, -0.2) is 0 Å². The van der Waals surface area contributed by atoms with E-state index in [1.165, 1.54) is 65.3 Å². The summed E-state index contributed by atoms with van der Waals surface area (Å²) in [5, 5.41) is 10.1. The molecule has 0 N–H and O–H groups in total. The van der Waals surface area contributed by atoms with E-state index in [4.69, 9.17) is 9.97 Å². The average Bonchev–Trinajstić information content (AvgIpc) is 3.11. The fourth-order valence-electron chi connectivity index (χ4n) is 6.93. The molecule has 0 saturated carbocycles. The number of hydrogen-bond donors (Lipinski definition) is 0. The lowest BCUT2D eigenvalue weighted by Gasteiger charge is -2.18. The maximum Gasteiger partial charge on any atom is 0.0714 e. The van der Waals surface area contributed by atoms with Gasteiger partial charge < -0.3 is 0 Å². The first-order chi connectivity index (χ1) is 21.8. The lowest BCUT2D eigenvalue weighted by molar-refractivity contribution is 1.33. The first kappa shape index (κ1) is 24.7. The third kappa shape index (κ3) is 3.82. The van der Waals surface area contributed by atoms with Gasteiger partial charge in [-0.3, -0.25) is 9.97 Å². The van der Waals surface area contributed by atoms with Crippen molar-refractivity contribution in [3.63, 3.8) is 0 Å². The summed E-state index contributed by atoms with van der Waals surface area (Å²) >= 11 is 0. The fraction of sp³-hybridized carbons (Fsp3) is 0. The lowest BCUT2D eigenvalue weighted by Crippen LogP contribution is -1.92. The van der Waals surface area contributed by atoms with Crippen LogP contribution >= 0.6 is 0 Å². The molecule has 0 aliphatic heterocycles. The normalized spacial score (nSPS) is 11.6. The van der Waals surface area contributed by atoms with Crippen LogP contribution in [-0.2, 0) is 0 Å². The smallest absolute Gasteiger partial charge is 0.0714 e. The maximum atomic E-state index is 4.84. The molecule has 0 fully saturated rings. The second-order valence-electron chi connectivity index (χ2n) is 11.4. The van der Waals surface area contributed by atoms with Gasteiger partial charge in [-0.2, -0.15) is 0 Å². The molecule has 0 aliphatic rings. The van der Waals surface area contributed by atoms with Crippen molar-refractivity contribution in [1.29, 1.82) is 0 Å². The van der Waals surface area contributed by atoms with Crippen LogP contribution in [0.25, 0.3) is 87.9 Å². The van der Waals surface area contributed by atoms with Crippen LogP contribution in [0.3, 0.4) is 0 Å². The molecule has 204 valence electrons. The highest BCUT2D eigenvalue weighted by molar-refractivity contribution is 6.35. The van der Waals surface area contributed by atoms with E-state index in [9.17, 15) is 0 Å². The predicted octanol–water partition coefficient (Wildman–Crippen LogP) is 11.2. The van der Waals surface area contributed by atoms with Gasteiger partial charge >= 0.3 is 0 Å². The van der Waals surface area contributed by atoms with Crippen LogP contribution in [0.4, 0.5) is 0 Å². The Balaban J connectivity index is 1.27.